The van der Waals surface area contributed by atoms with Gasteiger partial charge in [0.15, 0.2) is 5.82 Å². The molecule has 0 aliphatic carbocycles. The number of hydrogen-bond donors (Lipinski definition) is 2. The molecule has 2 N–H and O–H groups in total. The highest BCUT2D eigenvalue weighted by Crippen LogP contribution is 2.26. The zero-order chi connectivity index (χ0) is 22.2. The number of pyridine rings is 1. The molecule has 0 amide bonds. The fourth-order valence-corrected chi connectivity index (χ4v) is 3.85. The van der Waals surface area contributed by atoms with Crippen molar-refractivity contribution in [1.29, 1.82) is 0 Å². The summed E-state index contributed by atoms with van der Waals surface area (Å²) in [5.41, 5.74) is 2.53. The number of fused-ring (bicyclic) bond motifs is 1. The van der Waals surface area contributed by atoms with Crippen LogP contribution in [-0.4, -0.2) is 62.1 Å². The van der Waals surface area contributed by atoms with E-state index < -0.39 is 0 Å². The number of aryl methyl sites for hydroxylation is 1. The van der Waals surface area contributed by atoms with Gasteiger partial charge in [-0.1, -0.05) is 25.5 Å². The molecule has 31 heavy (non-hydrogen) atoms. The predicted molar refractivity (Wildman–Crippen MR) is 119 cm³/mol. The number of methoxy groups -OCH3 is 1. The second kappa shape index (κ2) is 11.1. The number of tetrazole rings is 1. The average Bonchev–Trinajstić information content (AvgIpc) is 3.22. The molecular weight excluding hydrogens is 396 g/mol. The summed E-state index contributed by atoms with van der Waals surface area (Å²) in [4.78, 5) is 18.0. The van der Waals surface area contributed by atoms with Crippen molar-refractivity contribution in [3.8, 4) is 0 Å². The van der Waals surface area contributed by atoms with Crippen molar-refractivity contribution < 1.29 is 9.84 Å². The Morgan fingerprint density at radius 2 is 2.16 bits per heavy atom. The minimum atomic E-state index is -0.0960. The van der Waals surface area contributed by atoms with Crippen LogP contribution in [0.15, 0.2) is 29.1 Å². The van der Waals surface area contributed by atoms with E-state index in [1.165, 1.54) is 0 Å². The van der Waals surface area contributed by atoms with Gasteiger partial charge in [-0.25, -0.2) is 4.68 Å². The molecule has 0 spiro atoms. The van der Waals surface area contributed by atoms with E-state index in [0.29, 0.717) is 38.2 Å². The Hall–Kier alpha value is -2.62. The third kappa shape index (κ3) is 5.75. The van der Waals surface area contributed by atoms with Gasteiger partial charge in [-0.3, -0.25) is 9.69 Å². The van der Waals surface area contributed by atoms with Gasteiger partial charge in [0, 0.05) is 37.9 Å². The number of rotatable bonds is 12. The molecule has 0 bridgehead atoms. The molecule has 2 heterocycles. The largest absolute Gasteiger partial charge is 0.396 e. The number of hydrogen-bond acceptors (Lipinski definition) is 7. The summed E-state index contributed by atoms with van der Waals surface area (Å²) < 4.78 is 6.95. The number of aromatic nitrogens is 5. The van der Waals surface area contributed by atoms with E-state index >= 15 is 0 Å². The molecule has 0 unspecified atom stereocenters. The van der Waals surface area contributed by atoms with Gasteiger partial charge in [-0.2, -0.15) is 0 Å². The Morgan fingerprint density at radius 1 is 1.32 bits per heavy atom. The summed E-state index contributed by atoms with van der Waals surface area (Å²) in [6.07, 6.45) is 2.37. The minimum absolute atomic E-state index is 0.0727. The molecule has 0 radical (unpaired) electrons. The first kappa shape index (κ1) is 23.1. The fourth-order valence-electron chi connectivity index (χ4n) is 3.85. The predicted octanol–water partition coefficient (Wildman–Crippen LogP) is 2.20. The Kier molecular flexibility index (Phi) is 8.27. The van der Waals surface area contributed by atoms with Crippen LogP contribution in [-0.2, 0) is 17.8 Å². The van der Waals surface area contributed by atoms with Gasteiger partial charge < -0.3 is 14.8 Å². The van der Waals surface area contributed by atoms with Crippen molar-refractivity contribution in [3.05, 3.63) is 51.6 Å². The van der Waals surface area contributed by atoms with Gasteiger partial charge in [-0.05, 0) is 53.3 Å². The van der Waals surface area contributed by atoms with Gasteiger partial charge in [0.05, 0.1) is 19.2 Å². The maximum Gasteiger partial charge on any atom is 0.252 e. The molecule has 0 aliphatic heterocycles. The highest BCUT2D eigenvalue weighted by molar-refractivity contribution is 5.79. The van der Waals surface area contributed by atoms with Crippen LogP contribution in [0, 0.1) is 6.92 Å². The zero-order valence-electron chi connectivity index (χ0n) is 18.5. The van der Waals surface area contributed by atoms with Crippen molar-refractivity contribution in [2.75, 3.05) is 26.9 Å². The molecule has 0 aliphatic rings. The van der Waals surface area contributed by atoms with Crippen molar-refractivity contribution >= 4 is 10.9 Å². The van der Waals surface area contributed by atoms with E-state index in [9.17, 15) is 9.90 Å². The zero-order valence-corrected chi connectivity index (χ0v) is 18.5. The highest BCUT2D eigenvalue weighted by atomic mass is 16.5. The smallest absolute Gasteiger partial charge is 0.252 e. The lowest BCUT2D eigenvalue weighted by atomic mass is 10.1. The lowest BCUT2D eigenvalue weighted by Gasteiger charge is -2.30. The lowest BCUT2D eigenvalue weighted by molar-refractivity contribution is 0.141. The van der Waals surface area contributed by atoms with Crippen LogP contribution in [0.25, 0.3) is 10.9 Å². The van der Waals surface area contributed by atoms with Crippen LogP contribution in [0.1, 0.15) is 49.2 Å². The first-order valence-electron chi connectivity index (χ1n) is 10.8. The Morgan fingerprint density at radius 3 is 2.90 bits per heavy atom. The van der Waals surface area contributed by atoms with Gasteiger partial charge in [-0.15, -0.1) is 5.10 Å². The number of benzene rings is 1. The third-order valence-electron chi connectivity index (χ3n) is 5.42. The third-order valence-corrected chi connectivity index (χ3v) is 5.42. The summed E-state index contributed by atoms with van der Waals surface area (Å²) in [6.45, 7) is 6.35. The Bertz CT molecular complexity index is 1030. The fraction of sp³-hybridized carbons (Fsp3) is 0.545. The topological polar surface area (TPSA) is 109 Å². The number of ether oxygens (including phenoxy) is 1. The summed E-state index contributed by atoms with van der Waals surface area (Å²) in [7, 11) is 1.65. The molecule has 9 heteroatoms. The molecular formula is C22H32N6O3. The maximum atomic E-state index is 12.8. The van der Waals surface area contributed by atoms with Crippen LogP contribution in [0.3, 0.4) is 0 Å². The monoisotopic (exact) mass is 428 g/mol. The first-order valence-corrected chi connectivity index (χ1v) is 10.8. The molecule has 3 aromatic rings. The van der Waals surface area contributed by atoms with E-state index in [4.69, 9.17) is 4.74 Å². The second-order valence-corrected chi connectivity index (χ2v) is 7.82. The number of H-pyrrole nitrogens is 1. The minimum Gasteiger partial charge on any atom is -0.396 e. The first-order chi connectivity index (χ1) is 15.1. The van der Waals surface area contributed by atoms with Crippen molar-refractivity contribution in [3.63, 3.8) is 0 Å². The summed E-state index contributed by atoms with van der Waals surface area (Å²) in [6, 6.07) is 7.93. The Balaban J connectivity index is 1.95. The van der Waals surface area contributed by atoms with Crippen LogP contribution < -0.4 is 5.56 Å². The molecule has 1 atom stereocenters. The van der Waals surface area contributed by atoms with Crippen molar-refractivity contribution in [2.24, 2.45) is 0 Å². The quantitative estimate of drug-likeness (QED) is 0.455. The normalized spacial score (nSPS) is 12.7. The molecule has 168 valence electrons. The number of aliphatic hydroxyl groups excluding tert-OH is 1. The average molecular weight is 429 g/mol. The second-order valence-electron chi connectivity index (χ2n) is 7.82. The van der Waals surface area contributed by atoms with Crippen LogP contribution in [0.5, 0.6) is 0 Å². The molecule has 0 saturated heterocycles. The Labute approximate surface area is 182 Å². The van der Waals surface area contributed by atoms with E-state index in [2.05, 4.69) is 32.3 Å². The number of aromatic amines is 1. The molecule has 2 aromatic heterocycles. The molecule has 9 nitrogen and oxygen atoms in total. The molecule has 1 aromatic carbocycles. The SMILES string of the molecule is CCC[C@H](c1nnnn1CCOC)N(CCCO)Cc1cc2ccc(C)cc2[nH]c1=O. The lowest BCUT2D eigenvalue weighted by Crippen LogP contribution is -2.34. The van der Waals surface area contributed by atoms with Gasteiger partial charge in [0.25, 0.3) is 5.56 Å². The number of nitrogens with one attached hydrogen (secondary N) is 1. The van der Waals surface area contributed by atoms with Crippen LogP contribution in [0.2, 0.25) is 0 Å². The summed E-state index contributed by atoms with van der Waals surface area (Å²) >= 11 is 0. The van der Waals surface area contributed by atoms with Gasteiger partial charge in [0.2, 0.25) is 0 Å². The molecule has 3 rings (SSSR count). The van der Waals surface area contributed by atoms with Crippen molar-refractivity contribution in [1.82, 2.24) is 30.1 Å². The van der Waals surface area contributed by atoms with E-state index in [1.54, 1.807) is 11.8 Å². The van der Waals surface area contributed by atoms with E-state index in [-0.39, 0.29) is 18.2 Å². The highest BCUT2D eigenvalue weighted by Gasteiger charge is 2.26. The summed E-state index contributed by atoms with van der Waals surface area (Å²) in [5.74, 6) is 0.754. The van der Waals surface area contributed by atoms with Crippen molar-refractivity contribution in [2.45, 2.75) is 52.2 Å². The number of nitrogens with zero attached hydrogens (tertiary/aromatic N) is 5. The molecule has 0 saturated carbocycles. The van der Waals surface area contributed by atoms with Crippen LogP contribution >= 0.6 is 0 Å². The number of aliphatic hydroxyl groups is 1. The van der Waals surface area contributed by atoms with E-state index in [0.717, 1.165) is 35.1 Å². The van der Waals surface area contributed by atoms with Gasteiger partial charge in [0.1, 0.15) is 0 Å². The molecule has 0 fully saturated rings. The van der Waals surface area contributed by atoms with Gasteiger partial charge >= 0.3 is 0 Å². The van der Waals surface area contributed by atoms with Crippen LogP contribution in [0.4, 0.5) is 0 Å². The standard InChI is InChI=1S/C22H32N6O3/c1-4-6-20(21-24-25-26-28(21)10-12-31-3)27(9-5-11-29)15-18-14-17-8-7-16(2)13-19(17)23-22(18)30/h7-8,13-14,20,29H,4-6,9-12,15H2,1-3H3,(H,23,30)/t20-/m1/s1. The maximum absolute atomic E-state index is 12.8. The van der Waals surface area contributed by atoms with E-state index in [1.807, 2.05) is 31.2 Å². The summed E-state index contributed by atoms with van der Waals surface area (Å²) in [5, 5.41) is 22.8.